The molecular weight excluding hydrogens is 370 g/mol. The molecule has 0 unspecified atom stereocenters. The second-order valence-electron chi connectivity index (χ2n) is 4.67. The zero-order valence-electron chi connectivity index (χ0n) is 11.8. The molecule has 120 valence electrons. The molecule has 0 aliphatic rings. The lowest BCUT2D eigenvalue weighted by Crippen LogP contribution is -2.31. The van der Waals surface area contributed by atoms with Gasteiger partial charge in [-0.2, -0.15) is 0 Å². The first-order chi connectivity index (χ1) is 11.1. The van der Waals surface area contributed by atoms with Crippen molar-refractivity contribution in [3.63, 3.8) is 0 Å². The molecule has 23 heavy (non-hydrogen) atoms. The van der Waals surface area contributed by atoms with E-state index in [4.69, 9.17) is 0 Å². The third-order valence-electron chi connectivity index (χ3n) is 3.20. The molecule has 1 atom stereocenters. The molecule has 0 aliphatic carbocycles. The van der Waals surface area contributed by atoms with E-state index >= 15 is 0 Å². The van der Waals surface area contributed by atoms with Crippen molar-refractivity contribution in [1.29, 1.82) is 0 Å². The van der Waals surface area contributed by atoms with Gasteiger partial charge in [-0.25, -0.2) is 8.42 Å². The molecule has 0 spiro atoms. The van der Waals surface area contributed by atoms with Gasteiger partial charge in [-0.3, -0.25) is 4.79 Å². The largest absolute Gasteiger partial charge is 0.350 e. The fourth-order valence-corrected chi connectivity index (χ4v) is 6.71. The summed E-state index contributed by atoms with van der Waals surface area (Å²) in [6.45, 7) is 0.0531. The monoisotopic (exact) mass is 383 g/mol. The highest BCUT2D eigenvalue weighted by Gasteiger charge is 2.31. The van der Waals surface area contributed by atoms with Gasteiger partial charge in [0.15, 0.2) is 9.84 Å². The first kappa shape index (κ1) is 16.4. The summed E-state index contributed by atoms with van der Waals surface area (Å²) in [5.74, 6) is -0.247. The fraction of sp³-hybridized carbons (Fsp3) is 0.133. The molecule has 0 radical (unpaired) electrons. The van der Waals surface area contributed by atoms with Crippen LogP contribution in [0.1, 0.15) is 19.8 Å². The first-order valence-corrected chi connectivity index (χ1v) is 10.9. The van der Waals surface area contributed by atoms with E-state index in [2.05, 4.69) is 5.32 Å². The highest BCUT2D eigenvalue weighted by atomic mass is 32.2. The molecule has 0 aliphatic heterocycles. The van der Waals surface area contributed by atoms with E-state index in [1.807, 2.05) is 16.8 Å². The van der Waals surface area contributed by atoms with Crippen LogP contribution in [-0.2, 0) is 9.84 Å². The Kier molecular flexibility index (Phi) is 4.96. The van der Waals surface area contributed by atoms with Gasteiger partial charge in [0.1, 0.15) is 9.46 Å². The van der Waals surface area contributed by atoms with E-state index in [-0.39, 0.29) is 12.5 Å². The van der Waals surface area contributed by atoms with E-state index in [1.54, 1.807) is 35.7 Å². The standard InChI is InChI=1S/C15H13NO3S4/c17-15(12-5-2-8-21-12)16-10-13(11-4-1-7-20-11)23(18,19)14-6-3-9-22-14/h1-9,13H,10H2,(H,16,17)/t13-/m0/s1. The van der Waals surface area contributed by atoms with E-state index in [0.29, 0.717) is 9.09 Å². The number of hydrogen-bond acceptors (Lipinski definition) is 6. The smallest absolute Gasteiger partial charge is 0.261 e. The van der Waals surface area contributed by atoms with Crippen LogP contribution >= 0.6 is 34.0 Å². The predicted octanol–water partition coefficient (Wildman–Crippen LogP) is 3.82. The van der Waals surface area contributed by atoms with E-state index in [1.165, 1.54) is 34.0 Å². The Balaban J connectivity index is 1.84. The molecule has 4 nitrogen and oxygen atoms in total. The highest BCUT2D eigenvalue weighted by molar-refractivity contribution is 7.93. The van der Waals surface area contributed by atoms with Crippen LogP contribution in [0.5, 0.6) is 0 Å². The molecular formula is C15H13NO3S4. The van der Waals surface area contributed by atoms with Crippen LogP contribution in [0, 0.1) is 0 Å². The van der Waals surface area contributed by atoms with Gasteiger partial charge in [0.25, 0.3) is 5.91 Å². The highest BCUT2D eigenvalue weighted by Crippen LogP contribution is 2.33. The van der Waals surface area contributed by atoms with Gasteiger partial charge in [0, 0.05) is 11.4 Å². The van der Waals surface area contributed by atoms with Crippen molar-refractivity contribution >= 4 is 49.8 Å². The third-order valence-corrected chi connectivity index (χ3v) is 8.72. The predicted molar refractivity (Wildman–Crippen MR) is 95.2 cm³/mol. The number of thiophene rings is 3. The number of nitrogens with one attached hydrogen (secondary N) is 1. The van der Waals surface area contributed by atoms with E-state index < -0.39 is 15.1 Å². The molecule has 8 heteroatoms. The van der Waals surface area contributed by atoms with Crippen LogP contribution in [-0.4, -0.2) is 20.9 Å². The molecule has 0 bridgehead atoms. The number of carbonyl (C=O) groups is 1. The lowest BCUT2D eigenvalue weighted by Gasteiger charge is -2.16. The van der Waals surface area contributed by atoms with Crippen molar-refractivity contribution in [3.05, 3.63) is 62.3 Å². The topological polar surface area (TPSA) is 63.2 Å². The molecule has 3 rings (SSSR count). The second kappa shape index (κ2) is 6.96. The van der Waals surface area contributed by atoms with Crippen molar-refractivity contribution in [2.45, 2.75) is 9.46 Å². The Morgan fingerprint density at radius 2 is 1.70 bits per heavy atom. The zero-order valence-corrected chi connectivity index (χ0v) is 15.1. The Morgan fingerprint density at radius 1 is 1.00 bits per heavy atom. The fourth-order valence-electron chi connectivity index (χ4n) is 2.08. The number of amides is 1. The summed E-state index contributed by atoms with van der Waals surface area (Å²) in [6.07, 6.45) is 0. The van der Waals surface area contributed by atoms with Crippen molar-refractivity contribution in [3.8, 4) is 0 Å². The molecule has 3 heterocycles. The molecule has 1 N–H and O–H groups in total. The summed E-state index contributed by atoms with van der Waals surface area (Å²) in [7, 11) is -3.53. The number of rotatable bonds is 6. The van der Waals surface area contributed by atoms with Crippen molar-refractivity contribution in [2.24, 2.45) is 0 Å². The van der Waals surface area contributed by atoms with E-state index in [9.17, 15) is 13.2 Å². The maximum Gasteiger partial charge on any atom is 0.261 e. The normalized spacial score (nSPS) is 12.9. The van der Waals surface area contributed by atoms with Crippen molar-refractivity contribution in [1.82, 2.24) is 5.32 Å². The summed E-state index contributed by atoms with van der Waals surface area (Å²) in [5.41, 5.74) is 0. The minimum Gasteiger partial charge on any atom is -0.350 e. The molecule has 0 aromatic carbocycles. The van der Waals surface area contributed by atoms with Crippen LogP contribution < -0.4 is 5.32 Å². The lowest BCUT2D eigenvalue weighted by atomic mass is 10.3. The van der Waals surface area contributed by atoms with Crippen LogP contribution in [0.4, 0.5) is 0 Å². The van der Waals surface area contributed by atoms with E-state index in [0.717, 1.165) is 4.88 Å². The molecule has 1 amide bonds. The summed E-state index contributed by atoms with van der Waals surface area (Å²) in [5, 5.41) is 7.36. The summed E-state index contributed by atoms with van der Waals surface area (Å²) >= 11 is 3.90. The van der Waals surface area contributed by atoms with Crippen LogP contribution in [0.2, 0.25) is 0 Å². The average molecular weight is 384 g/mol. The first-order valence-electron chi connectivity index (χ1n) is 6.71. The molecule has 0 saturated heterocycles. The molecule has 0 saturated carbocycles. The second-order valence-corrected chi connectivity index (χ2v) is 9.90. The Morgan fingerprint density at radius 3 is 2.30 bits per heavy atom. The average Bonchev–Trinajstić information content (AvgIpc) is 3.27. The SMILES string of the molecule is O=C(NC[C@@H](c1cccs1)S(=O)(=O)c1cccs1)c1cccs1. The van der Waals surface area contributed by atoms with Crippen LogP contribution in [0.15, 0.2) is 56.7 Å². The maximum atomic E-state index is 12.9. The quantitative estimate of drug-likeness (QED) is 0.704. The zero-order chi connectivity index (χ0) is 16.3. The minimum atomic E-state index is -3.53. The van der Waals surface area contributed by atoms with Crippen LogP contribution in [0.3, 0.4) is 0 Å². The molecule has 3 aromatic rings. The van der Waals surface area contributed by atoms with Crippen LogP contribution in [0.25, 0.3) is 0 Å². The Labute approximate surface area is 146 Å². The maximum absolute atomic E-state index is 12.9. The Hall–Kier alpha value is -1.48. The molecule has 0 fully saturated rings. The summed E-state index contributed by atoms with van der Waals surface area (Å²) in [6, 6.07) is 10.4. The summed E-state index contributed by atoms with van der Waals surface area (Å²) in [4.78, 5) is 13.4. The lowest BCUT2D eigenvalue weighted by molar-refractivity contribution is 0.0958. The van der Waals surface area contributed by atoms with Gasteiger partial charge >= 0.3 is 0 Å². The van der Waals surface area contributed by atoms with Gasteiger partial charge in [0.05, 0.1) is 4.88 Å². The van der Waals surface area contributed by atoms with Crippen molar-refractivity contribution in [2.75, 3.05) is 6.54 Å². The number of sulfone groups is 1. The summed E-state index contributed by atoms with van der Waals surface area (Å²) < 4.78 is 26.0. The number of carbonyl (C=O) groups excluding carboxylic acids is 1. The van der Waals surface area contributed by atoms with Gasteiger partial charge in [-0.1, -0.05) is 18.2 Å². The third kappa shape index (κ3) is 3.55. The van der Waals surface area contributed by atoms with Gasteiger partial charge in [-0.15, -0.1) is 34.0 Å². The van der Waals surface area contributed by atoms with Gasteiger partial charge in [-0.05, 0) is 34.3 Å². The minimum absolute atomic E-state index is 0.0531. The Bertz CT molecular complexity index is 850. The van der Waals surface area contributed by atoms with Gasteiger partial charge < -0.3 is 5.32 Å². The van der Waals surface area contributed by atoms with Crippen molar-refractivity contribution < 1.29 is 13.2 Å². The molecule has 3 aromatic heterocycles. The van der Waals surface area contributed by atoms with Gasteiger partial charge in [0.2, 0.25) is 0 Å². The number of hydrogen-bond donors (Lipinski definition) is 1.